The highest BCUT2D eigenvalue weighted by atomic mass is 35.5. The maximum Gasteiger partial charge on any atom is 0.274 e. The molecule has 8 heteroatoms. The van der Waals surface area contributed by atoms with Crippen molar-refractivity contribution >= 4 is 23.4 Å². The zero-order chi connectivity index (χ0) is 20.1. The first-order chi connectivity index (χ1) is 13.5. The molecule has 150 valence electrons. The summed E-state index contributed by atoms with van der Waals surface area (Å²) in [5.74, 6) is -0.426. The monoisotopic (exact) mass is 405 g/mol. The van der Waals surface area contributed by atoms with E-state index in [1.54, 1.807) is 18.2 Å². The first-order valence-corrected chi connectivity index (χ1v) is 9.75. The predicted octanol–water partition coefficient (Wildman–Crippen LogP) is 3.04. The second-order valence-electron chi connectivity index (χ2n) is 7.13. The molecule has 7 nitrogen and oxygen atoms in total. The first kappa shape index (κ1) is 20.4. The van der Waals surface area contributed by atoms with Crippen LogP contribution in [0.4, 0.5) is 0 Å². The van der Waals surface area contributed by atoms with E-state index in [-0.39, 0.29) is 23.6 Å². The van der Waals surface area contributed by atoms with Crippen LogP contribution >= 0.6 is 11.6 Å². The van der Waals surface area contributed by atoms with Crippen LogP contribution < -0.4 is 10.6 Å². The highest BCUT2D eigenvalue weighted by Crippen LogP contribution is 2.28. The Hall–Kier alpha value is -2.38. The van der Waals surface area contributed by atoms with E-state index in [1.807, 2.05) is 19.9 Å². The lowest BCUT2D eigenvalue weighted by molar-refractivity contribution is -0.124. The topological polar surface area (TPSA) is 93.5 Å². The van der Waals surface area contributed by atoms with Gasteiger partial charge in [-0.3, -0.25) is 9.59 Å². The van der Waals surface area contributed by atoms with Crippen LogP contribution in [0.2, 0.25) is 5.02 Å². The van der Waals surface area contributed by atoms with E-state index in [2.05, 4.69) is 15.8 Å². The Bertz CT molecular complexity index is 830. The summed E-state index contributed by atoms with van der Waals surface area (Å²) >= 11 is 6.15. The van der Waals surface area contributed by atoms with Crippen molar-refractivity contribution in [3.63, 3.8) is 0 Å². The zero-order valence-electron chi connectivity index (χ0n) is 15.9. The molecule has 2 aromatic rings. The highest BCUT2D eigenvalue weighted by molar-refractivity contribution is 6.33. The third-order valence-corrected chi connectivity index (χ3v) is 4.98. The number of carbonyl (C=O) groups is 2. The van der Waals surface area contributed by atoms with Crippen LogP contribution in [-0.2, 0) is 9.53 Å². The van der Waals surface area contributed by atoms with Crippen LogP contribution in [0.3, 0.4) is 0 Å². The van der Waals surface area contributed by atoms with E-state index < -0.39 is 11.9 Å². The third kappa shape index (κ3) is 4.91. The molecule has 28 heavy (non-hydrogen) atoms. The molecule has 0 radical (unpaired) electrons. The number of aromatic nitrogens is 1. The molecule has 2 heterocycles. The zero-order valence-corrected chi connectivity index (χ0v) is 16.7. The summed E-state index contributed by atoms with van der Waals surface area (Å²) in [6.45, 7) is 4.91. The van der Waals surface area contributed by atoms with Gasteiger partial charge in [-0.05, 0) is 30.9 Å². The molecular weight excluding hydrogens is 382 g/mol. The summed E-state index contributed by atoms with van der Waals surface area (Å²) in [4.78, 5) is 25.1. The van der Waals surface area contributed by atoms with Crippen molar-refractivity contribution in [1.29, 1.82) is 0 Å². The quantitative estimate of drug-likeness (QED) is 0.738. The van der Waals surface area contributed by atoms with Gasteiger partial charge in [0.1, 0.15) is 6.04 Å². The minimum Gasteiger partial charge on any atom is -0.376 e. The van der Waals surface area contributed by atoms with Gasteiger partial charge in [0.25, 0.3) is 5.91 Å². The number of nitrogens with zero attached hydrogens (tertiary/aromatic N) is 1. The SMILES string of the molecule is CC(C)[C@H](NC(=O)c1cc(-c2ccccc2Cl)on1)C(=O)NC[C@@H]1CCCO1. The van der Waals surface area contributed by atoms with Crippen LogP contribution in [0.5, 0.6) is 0 Å². The summed E-state index contributed by atoms with van der Waals surface area (Å²) < 4.78 is 10.8. The Morgan fingerprint density at radius 3 is 2.79 bits per heavy atom. The fraction of sp³-hybridized carbons (Fsp3) is 0.450. The van der Waals surface area contributed by atoms with Gasteiger partial charge in [0.05, 0.1) is 11.1 Å². The van der Waals surface area contributed by atoms with Crippen LogP contribution in [0.25, 0.3) is 11.3 Å². The van der Waals surface area contributed by atoms with Gasteiger partial charge in [0.2, 0.25) is 5.91 Å². The molecule has 0 spiro atoms. The second kappa shape index (κ2) is 9.21. The van der Waals surface area contributed by atoms with E-state index in [1.165, 1.54) is 6.07 Å². The van der Waals surface area contributed by atoms with E-state index in [4.69, 9.17) is 20.9 Å². The van der Waals surface area contributed by atoms with E-state index in [0.717, 1.165) is 19.4 Å². The number of halogens is 1. The van der Waals surface area contributed by atoms with E-state index in [0.29, 0.717) is 22.9 Å². The highest BCUT2D eigenvalue weighted by Gasteiger charge is 2.27. The maximum atomic E-state index is 12.6. The molecule has 1 saturated heterocycles. The lowest BCUT2D eigenvalue weighted by atomic mass is 10.0. The van der Waals surface area contributed by atoms with Crippen molar-refractivity contribution in [2.24, 2.45) is 5.92 Å². The van der Waals surface area contributed by atoms with Gasteiger partial charge in [0.15, 0.2) is 11.5 Å². The smallest absolute Gasteiger partial charge is 0.274 e. The molecule has 2 atom stereocenters. The largest absolute Gasteiger partial charge is 0.376 e. The Kier molecular flexibility index (Phi) is 6.70. The summed E-state index contributed by atoms with van der Waals surface area (Å²) in [7, 11) is 0. The molecule has 0 bridgehead atoms. The molecule has 0 aliphatic carbocycles. The van der Waals surface area contributed by atoms with Crippen molar-refractivity contribution in [3.05, 3.63) is 41.0 Å². The molecule has 1 fully saturated rings. The minimum atomic E-state index is -0.686. The maximum absolute atomic E-state index is 12.6. The van der Waals surface area contributed by atoms with Crippen LogP contribution in [0, 0.1) is 5.92 Å². The number of hydrogen-bond donors (Lipinski definition) is 2. The minimum absolute atomic E-state index is 0.0428. The Balaban J connectivity index is 1.64. The number of nitrogens with one attached hydrogen (secondary N) is 2. The molecule has 1 aromatic heterocycles. The number of ether oxygens (including phenoxy) is 1. The van der Waals surface area contributed by atoms with Gasteiger partial charge in [-0.2, -0.15) is 0 Å². The van der Waals surface area contributed by atoms with Crippen molar-refractivity contribution in [3.8, 4) is 11.3 Å². The number of amides is 2. The molecule has 2 amide bonds. The molecule has 1 aliphatic rings. The van der Waals surface area contributed by atoms with Crippen molar-refractivity contribution in [2.45, 2.75) is 38.8 Å². The van der Waals surface area contributed by atoms with Gasteiger partial charge >= 0.3 is 0 Å². The van der Waals surface area contributed by atoms with E-state index in [9.17, 15) is 9.59 Å². The summed E-state index contributed by atoms with van der Waals surface area (Å²) in [6, 6.07) is 7.95. The molecule has 2 N–H and O–H groups in total. The average molecular weight is 406 g/mol. The third-order valence-electron chi connectivity index (χ3n) is 4.65. The fourth-order valence-electron chi connectivity index (χ4n) is 3.05. The second-order valence-corrected chi connectivity index (χ2v) is 7.54. The normalized spacial score (nSPS) is 17.5. The number of benzene rings is 1. The molecule has 1 aliphatic heterocycles. The van der Waals surface area contributed by atoms with Gasteiger partial charge in [-0.25, -0.2) is 0 Å². The number of hydrogen-bond acceptors (Lipinski definition) is 5. The van der Waals surface area contributed by atoms with Gasteiger partial charge in [0, 0.05) is 24.8 Å². The van der Waals surface area contributed by atoms with Crippen LogP contribution in [0.15, 0.2) is 34.9 Å². The van der Waals surface area contributed by atoms with Gasteiger partial charge in [-0.15, -0.1) is 0 Å². The molecule has 1 aromatic carbocycles. The van der Waals surface area contributed by atoms with Gasteiger partial charge in [-0.1, -0.05) is 42.7 Å². The van der Waals surface area contributed by atoms with Crippen LogP contribution in [-0.4, -0.2) is 42.3 Å². The fourth-order valence-corrected chi connectivity index (χ4v) is 3.28. The van der Waals surface area contributed by atoms with Crippen molar-refractivity contribution in [2.75, 3.05) is 13.2 Å². The lowest BCUT2D eigenvalue weighted by Crippen LogP contribution is -2.51. The number of rotatable bonds is 7. The summed E-state index contributed by atoms with van der Waals surface area (Å²) in [6.07, 6.45) is 1.98. The molecule has 0 saturated carbocycles. The Morgan fingerprint density at radius 1 is 1.32 bits per heavy atom. The van der Waals surface area contributed by atoms with Crippen molar-refractivity contribution < 1.29 is 18.8 Å². The summed E-state index contributed by atoms with van der Waals surface area (Å²) in [5, 5.41) is 9.92. The molecular formula is C20H24ClN3O4. The first-order valence-electron chi connectivity index (χ1n) is 9.37. The standard InChI is InChI=1S/C20H24ClN3O4/c1-12(2)18(20(26)22-11-13-6-5-9-27-13)23-19(25)16-10-17(28-24-16)14-7-3-4-8-15(14)21/h3-4,7-8,10,12-13,18H,5-6,9,11H2,1-2H3,(H,22,26)(H,23,25)/t13-,18-/m0/s1. The van der Waals surface area contributed by atoms with Gasteiger partial charge < -0.3 is 19.9 Å². The average Bonchev–Trinajstić information content (AvgIpc) is 3.36. The summed E-state index contributed by atoms with van der Waals surface area (Å²) in [5.41, 5.74) is 0.734. The van der Waals surface area contributed by atoms with E-state index >= 15 is 0 Å². The Morgan fingerprint density at radius 2 is 2.11 bits per heavy atom. The lowest BCUT2D eigenvalue weighted by Gasteiger charge is -2.22. The Labute approximate surface area is 168 Å². The predicted molar refractivity (Wildman–Crippen MR) is 105 cm³/mol. The van der Waals surface area contributed by atoms with Crippen LogP contribution in [0.1, 0.15) is 37.2 Å². The molecule has 0 unspecified atom stereocenters. The molecule has 3 rings (SSSR count). The number of carbonyl (C=O) groups excluding carboxylic acids is 2. The van der Waals surface area contributed by atoms with Crippen molar-refractivity contribution in [1.82, 2.24) is 15.8 Å².